The highest BCUT2D eigenvalue weighted by Gasteiger charge is 2.19. The number of benzene rings is 9. The third kappa shape index (κ3) is 5.53. The van der Waals surface area contributed by atoms with Gasteiger partial charge < -0.3 is 9.47 Å². The van der Waals surface area contributed by atoms with Gasteiger partial charge in [0, 0.05) is 33.5 Å². The Labute approximate surface area is 315 Å². The van der Waals surface area contributed by atoms with E-state index in [2.05, 4.69) is 228 Å². The van der Waals surface area contributed by atoms with Crippen molar-refractivity contribution in [3.8, 4) is 39.1 Å². The summed E-state index contributed by atoms with van der Waals surface area (Å²) in [6.45, 7) is 0. The Morgan fingerprint density at radius 2 is 0.833 bits per heavy atom. The number of aromatic nitrogens is 1. The molecule has 0 aliphatic carbocycles. The van der Waals surface area contributed by atoms with Crippen LogP contribution in [0.3, 0.4) is 0 Å². The summed E-state index contributed by atoms with van der Waals surface area (Å²) in [5.41, 5.74) is 14.0. The first-order valence-corrected chi connectivity index (χ1v) is 18.5. The summed E-state index contributed by atoms with van der Waals surface area (Å²) in [6, 6.07) is 78.8. The van der Waals surface area contributed by atoms with Crippen molar-refractivity contribution in [2.75, 3.05) is 4.90 Å². The van der Waals surface area contributed by atoms with E-state index in [0.29, 0.717) is 0 Å². The molecule has 0 saturated heterocycles. The average Bonchev–Trinajstić information content (AvgIpc) is 3.60. The van der Waals surface area contributed by atoms with Crippen molar-refractivity contribution in [2.45, 2.75) is 0 Å². The smallest absolute Gasteiger partial charge is 0.0547 e. The molecule has 10 rings (SSSR count). The van der Waals surface area contributed by atoms with Crippen LogP contribution in [0.4, 0.5) is 17.1 Å². The van der Waals surface area contributed by atoms with Crippen molar-refractivity contribution in [2.24, 2.45) is 0 Å². The molecule has 10 aromatic rings. The van der Waals surface area contributed by atoms with Crippen molar-refractivity contribution in [3.63, 3.8) is 0 Å². The number of anilines is 3. The van der Waals surface area contributed by atoms with Gasteiger partial charge in [-0.05, 0) is 105 Å². The van der Waals surface area contributed by atoms with Gasteiger partial charge in [0.05, 0.1) is 11.0 Å². The van der Waals surface area contributed by atoms with E-state index in [0.717, 1.165) is 22.7 Å². The standard InChI is InChI=1S/C52H36N2/c1-4-14-37(15-5-1)38-24-27-42(28-25-38)53(45-33-34-46(39-16-6-2-7-17-39)49(36-45)40-18-8-3-9-19-40)43-29-31-44(32-30-43)54-50-23-13-12-22-48(50)52-47-21-11-10-20-41(47)26-35-51(52)54/h1-36H. The van der Waals surface area contributed by atoms with Gasteiger partial charge >= 0.3 is 0 Å². The molecule has 2 heteroatoms. The number of fused-ring (bicyclic) bond motifs is 5. The fourth-order valence-electron chi connectivity index (χ4n) is 8.05. The normalized spacial score (nSPS) is 11.3. The molecule has 1 heterocycles. The number of para-hydroxylation sites is 1. The van der Waals surface area contributed by atoms with Gasteiger partial charge in [-0.1, -0.05) is 158 Å². The highest BCUT2D eigenvalue weighted by molar-refractivity contribution is 6.21. The van der Waals surface area contributed by atoms with Gasteiger partial charge in [0.15, 0.2) is 0 Å². The van der Waals surface area contributed by atoms with Gasteiger partial charge in [-0.3, -0.25) is 0 Å². The first-order valence-electron chi connectivity index (χ1n) is 18.5. The molecule has 0 fully saturated rings. The second-order valence-corrected chi connectivity index (χ2v) is 13.8. The second-order valence-electron chi connectivity index (χ2n) is 13.8. The van der Waals surface area contributed by atoms with E-state index in [9.17, 15) is 0 Å². The van der Waals surface area contributed by atoms with Crippen LogP contribution in [0.2, 0.25) is 0 Å². The summed E-state index contributed by atoms with van der Waals surface area (Å²) in [7, 11) is 0. The van der Waals surface area contributed by atoms with Gasteiger partial charge in [-0.2, -0.15) is 0 Å². The number of hydrogen-bond donors (Lipinski definition) is 0. The Morgan fingerprint density at radius 1 is 0.315 bits per heavy atom. The molecule has 54 heavy (non-hydrogen) atoms. The van der Waals surface area contributed by atoms with Gasteiger partial charge in [-0.15, -0.1) is 0 Å². The Balaban J connectivity index is 1.14. The molecule has 1 aromatic heterocycles. The fourth-order valence-corrected chi connectivity index (χ4v) is 8.05. The molecule has 254 valence electrons. The fraction of sp³-hybridized carbons (Fsp3) is 0. The predicted octanol–water partition coefficient (Wildman–Crippen LogP) is 14.4. The van der Waals surface area contributed by atoms with Crippen LogP contribution in [-0.4, -0.2) is 4.57 Å². The summed E-state index contributed by atoms with van der Waals surface area (Å²) in [5.74, 6) is 0. The Hall–Kier alpha value is -7.16. The maximum absolute atomic E-state index is 2.40. The van der Waals surface area contributed by atoms with E-state index in [1.165, 1.54) is 66.0 Å². The van der Waals surface area contributed by atoms with Crippen molar-refractivity contribution >= 4 is 49.6 Å². The van der Waals surface area contributed by atoms with Gasteiger partial charge in [0.1, 0.15) is 0 Å². The van der Waals surface area contributed by atoms with E-state index in [1.807, 2.05) is 0 Å². The van der Waals surface area contributed by atoms with Crippen LogP contribution in [0.25, 0.3) is 71.6 Å². The lowest BCUT2D eigenvalue weighted by molar-refractivity contribution is 1.17. The van der Waals surface area contributed by atoms with Crippen LogP contribution >= 0.6 is 0 Å². The highest BCUT2D eigenvalue weighted by Crippen LogP contribution is 2.42. The molecule has 0 radical (unpaired) electrons. The lowest BCUT2D eigenvalue weighted by Crippen LogP contribution is -2.10. The van der Waals surface area contributed by atoms with E-state index in [4.69, 9.17) is 0 Å². The summed E-state index contributed by atoms with van der Waals surface area (Å²) < 4.78 is 2.40. The maximum atomic E-state index is 2.40. The van der Waals surface area contributed by atoms with Gasteiger partial charge in [-0.25, -0.2) is 0 Å². The van der Waals surface area contributed by atoms with E-state index in [-0.39, 0.29) is 0 Å². The molecule has 0 bridgehead atoms. The van der Waals surface area contributed by atoms with E-state index in [1.54, 1.807) is 0 Å². The van der Waals surface area contributed by atoms with Crippen molar-refractivity contribution in [3.05, 3.63) is 218 Å². The number of rotatable bonds is 7. The molecule has 2 nitrogen and oxygen atoms in total. The largest absolute Gasteiger partial charge is 0.310 e. The van der Waals surface area contributed by atoms with Crippen LogP contribution in [0, 0.1) is 0 Å². The minimum Gasteiger partial charge on any atom is -0.310 e. The molecule has 0 aliphatic heterocycles. The molecule has 0 saturated carbocycles. The Kier molecular flexibility index (Phi) is 7.85. The van der Waals surface area contributed by atoms with Crippen LogP contribution in [0.15, 0.2) is 218 Å². The lowest BCUT2D eigenvalue weighted by atomic mass is 9.93. The zero-order chi connectivity index (χ0) is 35.8. The molecule has 0 amide bonds. The summed E-state index contributed by atoms with van der Waals surface area (Å²) in [4.78, 5) is 2.37. The Bertz CT molecular complexity index is 2890. The third-order valence-electron chi connectivity index (χ3n) is 10.6. The third-order valence-corrected chi connectivity index (χ3v) is 10.6. The molecule has 0 unspecified atom stereocenters. The monoisotopic (exact) mass is 688 g/mol. The first-order chi connectivity index (χ1) is 26.8. The van der Waals surface area contributed by atoms with Crippen LogP contribution in [0.5, 0.6) is 0 Å². The van der Waals surface area contributed by atoms with Crippen LogP contribution in [-0.2, 0) is 0 Å². The van der Waals surface area contributed by atoms with E-state index >= 15 is 0 Å². The molecule has 0 N–H and O–H groups in total. The predicted molar refractivity (Wildman–Crippen MR) is 229 cm³/mol. The minimum absolute atomic E-state index is 1.09. The number of hydrogen-bond acceptors (Lipinski definition) is 1. The average molecular weight is 689 g/mol. The topological polar surface area (TPSA) is 8.17 Å². The second kappa shape index (κ2) is 13.4. The van der Waals surface area contributed by atoms with Crippen LogP contribution < -0.4 is 4.90 Å². The zero-order valence-electron chi connectivity index (χ0n) is 29.7. The maximum Gasteiger partial charge on any atom is 0.0547 e. The molecule has 0 atom stereocenters. The highest BCUT2D eigenvalue weighted by atomic mass is 15.1. The molecule has 0 aliphatic rings. The number of nitrogens with zero attached hydrogens (tertiary/aromatic N) is 2. The van der Waals surface area contributed by atoms with Gasteiger partial charge in [0.25, 0.3) is 0 Å². The summed E-state index contributed by atoms with van der Waals surface area (Å²) in [6.07, 6.45) is 0. The van der Waals surface area contributed by atoms with Crippen molar-refractivity contribution < 1.29 is 0 Å². The SMILES string of the molecule is c1ccc(-c2ccc(N(c3ccc(-n4c5ccccc5c5c6ccccc6ccc54)cc3)c3ccc(-c4ccccc4)c(-c4ccccc4)c3)cc2)cc1. The Morgan fingerprint density at radius 3 is 1.52 bits per heavy atom. The minimum atomic E-state index is 1.09. The quantitative estimate of drug-likeness (QED) is 0.162. The van der Waals surface area contributed by atoms with Crippen molar-refractivity contribution in [1.29, 1.82) is 0 Å². The summed E-state index contributed by atoms with van der Waals surface area (Å²) >= 11 is 0. The zero-order valence-corrected chi connectivity index (χ0v) is 29.7. The lowest BCUT2D eigenvalue weighted by Gasteiger charge is -2.27. The van der Waals surface area contributed by atoms with Gasteiger partial charge in [0.2, 0.25) is 0 Å². The molecule has 9 aromatic carbocycles. The molecular formula is C52H36N2. The van der Waals surface area contributed by atoms with E-state index < -0.39 is 0 Å². The summed E-state index contributed by atoms with van der Waals surface area (Å²) in [5, 5.41) is 5.09. The first kappa shape index (κ1) is 31.6. The molecular weight excluding hydrogens is 653 g/mol. The molecule has 0 spiro atoms. The van der Waals surface area contributed by atoms with Crippen molar-refractivity contribution in [1.82, 2.24) is 4.57 Å². The van der Waals surface area contributed by atoms with Crippen LogP contribution in [0.1, 0.15) is 0 Å².